The van der Waals surface area contributed by atoms with E-state index in [0.717, 1.165) is 49.5 Å². The highest BCUT2D eigenvalue weighted by molar-refractivity contribution is 5.99. The third-order valence-corrected chi connectivity index (χ3v) is 14.9. The van der Waals surface area contributed by atoms with Gasteiger partial charge in [0.25, 0.3) is 5.91 Å². The van der Waals surface area contributed by atoms with Crippen molar-refractivity contribution in [1.29, 1.82) is 0 Å². The van der Waals surface area contributed by atoms with E-state index in [1.807, 2.05) is 35.4 Å². The number of H-pyrrole nitrogens is 1. The van der Waals surface area contributed by atoms with E-state index in [1.54, 1.807) is 40.0 Å². The van der Waals surface area contributed by atoms with Crippen molar-refractivity contribution in [3.05, 3.63) is 134 Å². The van der Waals surface area contributed by atoms with Crippen LogP contribution in [0, 0.1) is 17.6 Å². The maximum atomic E-state index is 16.4. The first-order valence-corrected chi connectivity index (χ1v) is 22.9. The van der Waals surface area contributed by atoms with Crippen molar-refractivity contribution in [1.82, 2.24) is 53.3 Å². The number of halogens is 2. The van der Waals surface area contributed by atoms with Gasteiger partial charge in [-0.3, -0.25) is 28.1 Å². The summed E-state index contributed by atoms with van der Waals surface area (Å²) in [4.78, 5) is 52.3. The number of hydrogen-bond acceptors (Lipinski definition) is 9. The highest BCUT2D eigenvalue weighted by Gasteiger charge is 2.59. The summed E-state index contributed by atoms with van der Waals surface area (Å²) in [5, 5.41) is 14.8. The monoisotopic (exact) mass is 893 g/mol. The zero-order chi connectivity index (χ0) is 44.7. The lowest BCUT2D eigenvalue weighted by molar-refractivity contribution is 0.0663. The molecular formula is C48H45F2N11O5. The van der Waals surface area contributed by atoms with Crippen LogP contribution in [-0.4, -0.2) is 79.0 Å². The molecule has 2 aromatic carbocycles. The Morgan fingerprint density at radius 3 is 2.47 bits per heavy atom. The lowest BCUT2D eigenvalue weighted by Gasteiger charge is -2.34. The van der Waals surface area contributed by atoms with Crippen LogP contribution < -0.4 is 11.4 Å². The largest absolute Gasteiger partial charge is 0.438 e. The normalized spacial score (nSPS) is 22.2. The summed E-state index contributed by atoms with van der Waals surface area (Å²) >= 11 is 0. The number of fused-ring (bicyclic) bond motifs is 3. The van der Waals surface area contributed by atoms with Gasteiger partial charge in [-0.05, 0) is 123 Å². The van der Waals surface area contributed by atoms with Crippen LogP contribution in [-0.2, 0) is 16.7 Å². The maximum Gasteiger partial charge on any atom is 0.438 e. The molecule has 6 aromatic heterocycles. The highest BCUT2D eigenvalue weighted by Crippen LogP contribution is 2.56. The predicted octanol–water partition coefficient (Wildman–Crippen LogP) is 7.12. The van der Waals surface area contributed by atoms with Gasteiger partial charge in [-0.15, -0.1) is 0 Å². The van der Waals surface area contributed by atoms with Crippen molar-refractivity contribution in [2.24, 2.45) is 5.92 Å². The van der Waals surface area contributed by atoms with Crippen LogP contribution in [0.2, 0.25) is 0 Å². The van der Waals surface area contributed by atoms with Gasteiger partial charge in [0.2, 0.25) is 0 Å². The first kappa shape index (κ1) is 39.4. The van der Waals surface area contributed by atoms with Gasteiger partial charge in [0.15, 0.2) is 11.6 Å². The van der Waals surface area contributed by atoms with Gasteiger partial charge >= 0.3 is 11.4 Å². The number of carbonyl (C=O) groups excluding carboxylic acids is 1. The summed E-state index contributed by atoms with van der Waals surface area (Å²) < 4.78 is 50.5. The van der Waals surface area contributed by atoms with Crippen molar-refractivity contribution >= 4 is 27.8 Å². The first-order chi connectivity index (χ1) is 32.1. The topological polar surface area (TPSA) is 169 Å². The fraction of sp³-hybridized carbons (Fsp3) is 0.396. The molecule has 3 saturated carbocycles. The predicted molar refractivity (Wildman–Crippen MR) is 236 cm³/mol. The molecule has 1 amide bonds. The van der Waals surface area contributed by atoms with Crippen molar-refractivity contribution in [3.63, 3.8) is 0 Å². The zero-order valence-corrected chi connectivity index (χ0v) is 36.3. The molecule has 8 heterocycles. The summed E-state index contributed by atoms with van der Waals surface area (Å²) in [5.41, 5.74) is 3.76. The molecule has 0 radical (unpaired) electrons. The number of carbonyl (C=O) groups is 1. The molecule has 8 aromatic rings. The van der Waals surface area contributed by atoms with Gasteiger partial charge < -0.3 is 14.2 Å². The number of rotatable bonds is 9. The van der Waals surface area contributed by atoms with Gasteiger partial charge in [0, 0.05) is 55.7 Å². The number of benzene rings is 2. The fourth-order valence-electron chi connectivity index (χ4n) is 11.0. The standard InChI is InChI=1S/C48H45F2N11O5/c1-25-22-48(25,45-53-46(63)66-55-45)59-39(20-29-19-30(23-51-42(29)59)27-12-17-65-18-13-27)44(62)56-14-11-36-40(26(56)2)43(61(54-36)32-7-8-35(49)33(21-32)28-3-4-28)58-16-15-57(47(58)64)38-10-9-37-34(41(38)50)24-52-60(37)31-5-6-31/h7-10,15-16,19-21,23-28,31H,3-6,11-14,17-18,22H2,1-2H3,(H,53,55,63). The Hall–Kier alpha value is -6.95. The van der Waals surface area contributed by atoms with Crippen LogP contribution in [0.1, 0.15) is 121 Å². The Balaban J connectivity index is 0.948. The summed E-state index contributed by atoms with van der Waals surface area (Å²) in [7, 11) is 0. The Morgan fingerprint density at radius 1 is 0.924 bits per heavy atom. The Labute approximate surface area is 374 Å². The second-order valence-corrected chi connectivity index (χ2v) is 18.9. The van der Waals surface area contributed by atoms with Gasteiger partial charge in [0.05, 0.1) is 46.3 Å². The Morgan fingerprint density at radius 2 is 1.73 bits per heavy atom. The van der Waals surface area contributed by atoms with E-state index >= 15 is 13.6 Å². The summed E-state index contributed by atoms with van der Waals surface area (Å²) in [5.74, 6) is -0.816. The molecule has 4 fully saturated rings. The van der Waals surface area contributed by atoms with Crippen LogP contribution in [0.4, 0.5) is 8.78 Å². The Bertz CT molecular complexity index is 3430. The number of nitrogens with zero attached hydrogens (tertiary/aromatic N) is 10. The number of pyridine rings is 1. The zero-order valence-electron chi connectivity index (χ0n) is 36.3. The minimum atomic E-state index is -0.904. The van der Waals surface area contributed by atoms with E-state index in [2.05, 4.69) is 21.3 Å². The van der Waals surface area contributed by atoms with Crippen LogP contribution in [0.25, 0.3) is 39.1 Å². The van der Waals surface area contributed by atoms with Gasteiger partial charge in [-0.2, -0.15) is 10.2 Å². The van der Waals surface area contributed by atoms with Crippen LogP contribution in [0.15, 0.2) is 81.4 Å². The van der Waals surface area contributed by atoms with E-state index in [0.29, 0.717) is 89.0 Å². The van der Waals surface area contributed by atoms with Crippen LogP contribution in [0.3, 0.4) is 0 Å². The molecular weight excluding hydrogens is 849 g/mol. The molecule has 66 heavy (non-hydrogen) atoms. The quantitative estimate of drug-likeness (QED) is 0.159. The van der Waals surface area contributed by atoms with Crippen molar-refractivity contribution in [3.8, 4) is 17.2 Å². The van der Waals surface area contributed by atoms with Crippen molar-refractivity contribution < 1.29 is 22.8 Å². The van der Waals surface area contributed by atoms with E-state index in [9.17, 15) is 9.59 Å². The Kier molecular flexibility index (Phi) is 8.52. The molecule has 3 unspecified atom stereocenters. The summed E-state index contributed by atoms with van der Waals surface area (Å²) in [6, 6.07) is 11.9. The summed E-state index contributed by atoms with van der Waals surface area (Å²) in [6.45, 7) is 5.58. The molecule has 13 rings (SSSR count). The van der Waals surface area contributed by atoms with Crippen LogP contribution in [0.5, 0.6) is 0 Å². The minimum Gasteiger partial charge on any atom is -0.381 e. The molecule has 1 N–H and O–H groups in total. The first-order valence-electron chi connectivity index (χ1n) is 22.9. The number of aromatic amines is 1. The maximum absolute atomic E-state index is 16.4. The minimum absolute atomic E-state index is 0.0281. The molecule has 18 heteroatoms. The lowest BCUT2D eigenvalue weighted by Crippen LogP contribution is -2.41. The molecule has 16 nitrogen and oxygen atoms in total. The third-order valence-electron chi connectivity index (χ3n) is 14.9. The highest BCUT2D eigenvalue weighted by atomic mass is 19.1. The lowest BCUT2D eigenvalue weighted by atomic mass is 9.92. The van der Waals surface area contributed by atoms with E-state index in [1.165, 1.54) is 27.6 Å². The smallest absolute Gasteiger partial charge is 0.381 e. The van der Waals surface area contributed by atoms with Gasteiger partial charge in [0.1, 0.15) is 28.5 Å². The number of ether oxygens (including phenoxy) is 1. The molecule has 336 valence electrons. The molecule has 0 bridgehead atoms. The molecule has 3 aliphatic carbocycles. The molecule has 3 atom stereocenters. The second kappa shape index (κ2) is 14.3. The van der Waals surface area contributed by atoms with E-state index in [4.69, 9.17) is 19.3 Å². The van der Waals surface area contributed by atoms with Gasteiger partial charge in [-0.1, -0.05) is 12.1 Å². The SMILES string of the molecule is CC1c2c(nn(-c3ccc(F)c(C4CC4)c3)c2-n2ccn(-c3ccc4c(cnn4C4CC4)c3F)c2=O)CCN1C(=O)c1cc2cc(C3CCOCC3)cnc2n1C1(c2noc(=O)[nH]2)CC1C. The number of nitrogens with one attached hydrogen (secondary N) is 1. The number of hydrogen-bond donors (Lipinski definition) is 1. The average molecular weight is 894 g/mol. The average Bonchev–Trinajstić information content (AvgIpc) is 4.26. The molecule has 0 spiro atoms. The number of aromatic nitrogens is 10. The molecule has 1 saturated heterocycles. The molecule has 5 aliphatic rings. The van der Waals surface area contributed by atoms with E-state index < -0.39 is 28.8 Å². The summed E-state index contributed by atoms with van der Waals surface area (Å²) in [6.07, 6.45) is 12.9. The number of imidazole rings is 1. The van der Waals surface area contributed by atoms with Crippen molar-refractivity contribution in [2.45, 2.75) is 94.7 Å². The van der Waals surface area contributed by atoms with Crippen LogP contribution >= 0.6 is 0 Å². The second-order valence-electron chi connectivity index (χ2n) is 18.9. The van der Waals surface area contributed by atoms with E-state index in [-0.39, 0.29) is 41.2 Å². The van der Waals surface area contributed by atoms with Gasteiger partial charge in [-0.25, -0.2) is 28.0 Å². The fourth-order valence-corrected chi connectivity index (χ4v) is 11.0. The number of amides is 1. The third kappa shape index (κ3) is 5.85. The van der Waals surface area contributed by atoms with Crippen molar-refractivity contribution in [2.75, 3.05) is 19.8 Å². The molecule has 2 aliphatic heterocycles.